The van der Waals surface area contributed by atoms with E-state index in [-0.39, 0.29) is 18.6 Å². The Morgan fingerprint density at radius 1 is 1.17 bits per heavy atom. The van der Waals surface area contributed by atoms with Crippen molar-refractivity contribution in [3.8, 4) is 5.75 Å². The Bertz CT molecular complexity index is 678. The number of carbonyl (C=O) groups is 1. The van der Waals surface area contributed by atoms with Crippen LogP contribution in [-0.4, -0.2) is 38.1 Å². The van der Waals surface area contributed by atoms with Gasteiger partial charge in [-0.2, -0.15) is 0 Å². The van der Waals surface area contributed by atoms with Crippen molar-refractivity contribution in [2.75, 3.05) is 27.2 Å². The quantitative estimate of drug-likeness (QED) is 0.810. The fourth-order valence-corrected chi connectivity index (χ4v) is 2.72. The Morgan fingerprint density at radius 3 is 2.50 bits per heavy atom. The van der Waals surface area contributed by atoms with Crippen LogP contribution in [0.4, 0.5) is 0 Å². The zero-order valence-corrected chi connectivity index (χ0v) is 15.1. The highest BCUT2D eigenvalue weighted by Gasteiger charge is 2.16. The van der Waals surface area contributed by atoms with Crippen molar-refractivity contribution in [3.63, 3.8) is 0 Å². The predicted molar refractivity (Wildman–Crippen MR) is 97.8 cm³/mol. The van der Waals surface area contributed by atoms with Crippen LogP contribution in [0.5, 0.6) is 5.75 Å². The molecule has 6 heteroatoms. The van der Waals surface area contributed by atoms with Gasteiger partial charge in [-0.25, -0.2) is 0 Å². The monoisotopic (exact) mass is 366 g/mol. The van der Waals surface area contributed by atoms with Gasteiger partial charge in [-0.3, -0.25) is 4.79 Å². The van der Waals surface area contributed by atoms with Crippen LogP contribution in [0.2, 0.25) is 10.0 Å². The molecule has 1 atom stereocenters. The molecule has 0 spiro atoms. The molecule has 0 aliphatic rings. The van der Waals surface area contributed by atoms with Crippen LogP contribution in [-0.2, 0) is 4.79 Å². The first-order valence-electron chi connectivity index (χ1n) is 7.52. The zero-order valence-electron chi connectivity index (χ0n) is 13.6. The fraction of sp³-hybridized carbons (Fsp3) is 0.278. The number of hydrogen-bond donors (Lipinski definition) is 1. The lowest BCUT2D eigenvalue weighted by Crippen LogP contribution is -2.37. The minimum absolute atomic E-state index is 0.113. The molecule has 0 aromatic heterocycles. The first kappa shape index (κ1) is 18.6. The van der Waals surface area contributed by atoms with Gasteiger partial charge >= 0.3 is 0 Å². The lowest BCUT2D eigenvalue weighted by atomic mass is 10.1. The molecule has 0 bridgehead atoms. The maximum absolute atomic E-state index is 12.2. The topological polar surface area (TPSA) is 41.6 Å². The first-order valence-corrected chi connectivity index (χ1v) is 8.28. The number of amides is 1. The lowest BCUT2D eigenvalue weighted by Gasteiger charge is -2.23. The highest BCUT2D eigenvalue weighted by molar-refractivity contribution is 6.35. The third-order valence-electron chi connectivity index (χ3n) is 3.34. The van der Waals surface area contributed by atoms with Gasteiger partial charge in [0.2, 0.25) is 0 Å². The number of nitrogens with one attached hydrogen (secondary N) is 1. The molecule has 4 nitrogen and oxygen atoms in total. The van der Waals surface area contributed by atoms with Crippen LogP contribution >= 0.6 is 23.2 Å². The molecule has 0 aliphatic carbocycles. The number of likely N-dealkylation sites (N-methyl/N-ethyl adjacent to an activating group) is 1. The maximum Gasteiger partial charge on any atom is 0.258 e. The van der Waals surface area contributed by atoms with Crippen molar-refractivity contribution >= 4 is 29.1 Å². The SMILES string of the molecule is CN(C)CC(NC(=O)COc1ccc(Cl)cc1Cl)c1ccccc1. The van der Waals surface area contributed by atoms with E-state index >= 15 is 0 Å². The van der Waals surface area contributed by atoms with E-state index < -0.39 is 0 Å². The van der Waals surface area contributed by atoms with Crippen LogP contribution in [0, 0.1) is 0 Å². The number of ether oxygens (including phenoxy) is 1. The van der Waals surface area contributed by atoms with E-state index in [1.165, 1.54) is 0 Å². The Hall–Kier alpha value is -1.75. The summed E-state index contributed by atoms with van der Waals surface area (Å²) in [6.07, 6.45) is 0. The van der Waals surface area contributed by atoms with Gasteiger partial charge < -0.3 is 15.0 Å². The van der Waals surface area contributed by atoms with Crippen LogP contribution in [0.3, 0.4) is 0 Å². The summed E-state index contributed by atoms with van der Waals surface area (Å²) >= 11 is 11.9. The zero-order chi connectivity index (χ0) is 17.5. The van der Waals surface area contributed by atoms with Crippen molar-refractivity contribution in [1.82, 2.24) is 10.2 Å². The van der Waals surface area contributed by atoms with Gasteiger partial charge in [-0.1, -0.05) is 53.5 Å². The van der Waals surface area contributed by atoms with Crippen molar-refractivity contribution < 1.29 is 9.53 Å². The summed E-state index contributed by atoms with van der Waals surface area (Å²) in [6, 6.07) is 14.6. The van der Waals surface area contributed by atoms with Crippen LogP contribution in [0.15, 0.2) is 48.5 Å². The third-order valence-corrected chi connectivity index (χ3v) is 3.87. The van der Waals surface area contributed by atoms with E-state index in [9.17, 15) is 4.79 Å². The van der Waals surface area contributed by atoms with E-state index in [4.69, 9.17) is 27.9 Å². The largest absolute Gasteiger partial charge is 0.482 e. The highest BCUT2D eigenvalue weighted by Crippen LogP contribution is 2.27. The fourth-order valence-electron chi connectivity index (χ4n) is 2.26. The summed E-state index contributed by atoms with van der Waals surface area (Å²) in [7, 11) is 3.93. The molecule has 0 radical (unpaired) electrons. The van der Waals surface area contributed by atoms with Crippen molar-refractivity contribution in [1.29, 1.82) is 0 Å². The number of rotatable bonds is 7. The predicted octanol–water partition coefficient (Wildman–Crippen LogP) is 3.79. The van der Waals surface area contributed by atoms with Crippen LogP contribution in [0.25, 0.3) is 0 Å². The Morgan fingerprint density at radius 2 is 1.88 bits per heavy atom. The van der Waals surface area contributed by atoms with Gasteiger partial charge in [-0.05, 0) is 37.9 Å². The van der Waals surface area contributed by atoms with Gasteiger partial charge in [0.05, 0.1) is 11.1 Å². The Kier molecular flexibility index (Phi) is 6.91. The molecule has 2 aromatic rings. The number of benzene rings is 2. The summed E-state index contributed by atoms with van der Waals surface area (Å²) in [6.45, 7) is 0.579. The summed E-state index contributed by atoms with van der Waals surface area (Å²) in [4.78, 5) is 14.3. The highest BCUT2D eigenvalue weighted by atomic mass is 35.5. The molecule has 24 heavy (non-hydrogen) atoms. The minimum Gasteiger partial charge on any atom is -0.482 e. The Balaban J connectivity index is 1.97. The van der Waals surface area contributed by atoms with E-state index in [0.717, 1.165) is 5.56 Å². The van der Waals surface area contributed by atoms with Gasteiger partial charge in [0.25, 0.3) is 5.91 Å². The molecule has 1 amide bonds. The molecule has 0 saturated heterocycles. The molecule has 2 rings (SSSR count). The molecule has 0 heterocycles. The summed E-state index contributed by atoms with van der Waals surface area (Å²) < 4.78 is 5.48. The van der Waals surface area contributed by atoms with E-state index in [1.54, 1.807) is 18.2 Å². The van der Waals surface area contributed by atoms with E-state index in [2.05, 4.69) is 5.32 Å². The molecular formula is C18H20Cl2N2O2. The molecular weight excluding hydrogens is 347 g/mol. The standard InChI is InChI=1S/C18H20Cl2N2O2/c1-22(2)11-16(13-6-4-3-5-7-13)21-18(23)12-24-17-9-8-14(19)10-15(17)20/h3-10,16H,11-12H2,1-2H3,(H,21,23). The van der Waals surface area contributed by atoms with Crippen LogP contribution in [0.1, 0.15) is 11.6 Å². The van der Waals surface area contributed by atoms with Gasteiger partial charge in [-0.15, -0.1) is 0 Å². The number of carbonyl (C=O) groups excluding carboxylic acids is 1. The van der Waals surface area contributed by atoms with Crippen molar-refractivity contribution in [3.05, 3.63) is 64.1 Å². The number of halogens is 2. The molecule has 1 unspecified atom stereocenters. The van der Waals surface area contributed by atoms with Crippen LogP contribution < -0.4 is 10.1 Å². The van der Waals surface area contributed by atoms with Crippen molar-refractivity contribution in [2.24, 2.45) is 0 Å². The van der Waals surface area contributed by atoms with Gasteiger partial charge in [0.1, 0.15) is 5.75 Å². The number of nitrogens with zero attached hydrogens (tertiary/aromatic N) is 1. The van der Waals surface area contributed by atoms with E-state index in [1.807, 2.05) is 49.3 Å². The second kappa shape index (κ2) is 8.92. The average molecular weight is 367 g/mol. The second-order valence-electron chi connectivity index (χ2n) is 5.66. The molecule has 1 N–H and O–H groups in total. The van der Waals surface area contributed by atoms with Crippen molar-refractivity contribution in [2.45, 2.75) is 6.04 Å². The maximum atomic E-state index is 12.2. The van der Waals surface area contributed by atoms with Gasteiger partial charge in [0.15, 0.2) is 6.61 Å². The normalized spacial score (nSPS) is 12.0. The first-order chi connectivity index (χ1) is 11.5. The molecule has 2 aromatic carbocycles. The smallest absolute Gasteiger partial charge is 0.258 e. The Labute approximate surface area is 152 Å². The summed E-state index contributed by atoms with van der Waals surface area (Å²) in [5, 5.41) is 3.89. The van der Waals surface area contributed by atoms with E-state index in [0.29, 0.717) is 22.3 Å². The number of hydrogen-bond acceptors (Lipinski definition) is 3. The van der Waals surface area contributed by atoms with Gasteiger partial charge in [0, 0.05) is 11.6 Å². The summed E-state index contributed by atoms with van der Waals surface area (Å²) in [5.41, 5.74) is 1.05. The average Bonchev–Trinajstić information content (AvgIpc) is 2.54. The summed E-state index contributed by atoms with van der Waals surface area (Å²) in [5.74, 6) is 0.219. The minimum atomic E-state index is -0.211. The molecule has 0 saturated carbocycles. The second-order valence-corrected chi connectivity index (χ2v) is 6.50. The lowest BCUT2D eigenvalue weighted by molar-refractivity contribution is -0.123. The molecule has 128 valence electrons. The third kappa shape index (κ3) is 5.71. The molecule has 0 aliphatic heterocycles. The molecule has 0 fully saturated rings.